The molecular weight excluding hydrogens is 352 g/mol. The number of benzene rings is 2. The van der Waals surface area contributed by atoms with E-state index in [2.05, 4.69) is 9.97 Å². The average Bonchev–Trinajstić information content (AvgIpc) is 3.07. The van der Waals surface area contributed by atoms with Gasteiger partial charge < -0.3 is 14.5 Å². The van der Waals surface area contributed by atoms with Crippen LogP contribution >= 0.6 is 0 Å². The van der Waals surface area contributed by atoms with E-state index in [9.17, 15) is 4.79 Å². The highest BCUT2D eigenvalue weighted by molar-refractivity contribution is 6.13. The molecule has 2 heterocycles. The number of nitrogens with zero attached hydrogens (tertiary/aromatic N) is 1. The molecule has 28 heavy (non-hydrogen) atoms. The normalized spacial score (nSPS) is 11.3. The standard InChI is InChI=1S/C23H22N2O3/c1-14(2)28-23(26)22-15(3)20-18(12-24-22)25-17-10-7-11-19(21(17)20)27-13-16-8-5-4-6-9-16/h4-12,14,25H,13H2,1-3H3. The minimum Gasteiger partial charge on any atom is -0.488 e. The molecule has 142 valence electrons. The zero-order chi connectivity index (χ0) is 19.7. The minimum absolute atomic E-state index is 0.197. The van der Waals surface area contributed by atoms with Crippen molar-refractivity contribution in [3.05, 3.63) is 71.5 Å². The smallest absolute Gasteiger partial charge is 0.357 e. The summed E-state index contributed by atoms with van der Waals surface area (Å²) in [5.74, 6) is 0.358. The van der Waals surface area contributed by atoms with E-state index >= 15 is 0 Å². The van der Waals surface area contributed by atoms with E-state index in [0.717, 1.165) is 38.7 Å². The zero-order valence-electron chi connectivity index (χ0n) is 16.2. The molecule has 0 aliphatic rings. The predicted octanol–water partition coefficient (Wildman–Crippen LogP) is 5.17. The van der Waals surface area contributed by atoms with E-state index in [4.69, 9.17) is 9.47 Å². The summed E-state index contributed by atoms with van der Waals surface area (Å²) in [7, 11) is 0. The van der Waals surface area contributed by atoms with Crippen LogP contribution < -0.4 is 4.74 Å². The third-order valence-corrected chi connectivity index (χ3v) is 4.64. The van der Waals surface area contributed by atoms with Crippen molar-refractivity contribution in [1.29, 1.82) is 0 Å². The monoisotopic (exact) mass is 374 g/mol. The Morgan fingerprint density at radius 3 is 2.57 bits per heavy atom. The second-order valence-corrected chi connectivity index (χ2v) is 7.05. The van der Waals surface area contributed by atoms with Crippen LogP contribution in [0, 0.1) is 6.92 Å². The Kier molecular flexibility index (Phi) is 4.74. The largest absolute Gasteiger partial charge is 0.488 e. The van der Waals surface area contributed by atoms with E-state index in [1.807, 2.05) is 69.3 Å². The maximum absolute atomic E-state index is 12.4. The summed E-state index contributed by atoms with van der Waals surface area (Å²) in [6.45, 7) is 6.02. The van der Waals surface area contributed by atoms with Gasteiger partial charge in [-0.05, 0) is 44.0 Å². The van der Waals surface area contributed by atoms with Crippen molar-refractivity contribution in [2.75, 3.05) is 0 Å². The van der Waals surface area contributed by atoms with Crippen LogP contribution in [0.15, 0.2) is 54.7 Å². The number of carbonyl (C=O) groups is 1. The van der Waals surface area contributed by atoms with Gasteiger partial charge in [-0.1, -0.05) is 36.4 Å². The van der Waals surface area contributed by atoms with Crippen LogP contribution in [0.5, 0.6) is 5.75 Å². The zero-order valence-corrected chi connectivity index (χ0v) is 16.2. The maximum atomic E-state index is 12.4. The van der Waals surface area contributed by atoms with Crippen molar-refractivity contribution < 1.29 is 14.3 Å². The molecule has 0 unspecified atom stereocenters. The molecule has 0 saturated carbocycles. The first-order chi connectivity index (χ1) is 13.5. The number of aromatic nitrogens is 2. The van der Waals surface area contributed by atoms with Gasteiger partial charge in [0.2, 0.25) is 0 Å². The van der Waals surface area contributed by atoms with Crippen molar-refractivity contribution in [2.45, 2.75) is 33.5 Å². The fourth-order valence-electron chi connectivity index (χ4n) is 3.40. The molecule has 0 spiro atoms. The Balaban J connectivity index is 1.81. The molecule has 0 radical (unpaired) electrons. The van der Waals surface area contributed by atoms with Crippen LogP contribution in [0.4, 0.5) is 0 Å². The highest BCUT2D eigenvalue weighted by Crippen LogP contribution is 2.36. The molecule has 0 atom stereocenters. The van der Waals surface area contributed by atoms with Crippen LogP contribution in [0.1, 0.15) is 35.5 Å². The molecule has 5 heteroatoms. The van der Waals surface area contributed by atoms with E-state index in [0.29, 0.717) is 12.3 Å². The fraction of sp³-hybridized carbons (Fsp3) is 0.217. The molecular formula is C23H22N2O3. The lowest BCUT2D eigenvalue weighted by molar-refractivity contribution is 0.0370. The lowest BCUT2D eigenvalue weighted by Crippen LogP contribution is -2.14. The molecule has 2 aromatic heterocycles. The topological polar surface area (TPSA) is 64.2 Å². The van der Waals surface area contributed by atoms with Crippen molar-refractivity contribution in [1.82, 2.24) is 9.97 Å². The van der Waals surface area contributed by atoms with Crippen LogP contribution in [0.3, 0.4) is 0 Å². The SMILES string of the molecule is Cc1c(C(=O)OC(C)C)ncc2[nH]c3cccc(OCc4ccccc4)c3c12. The minimum atomic E-state index is -0.411. The summed E-state index contributed by atoms with van der Waals surface area (Å²) in [4.78, 5) is 20.1. The number of ether oxygens (including phenoxy) is 2. The highest BCUT2D eigenvalue weighted by atomic mass is 16.5. The highest BCUT2D eigenvalue weighted by Gasteiger charge is 2.20. The van der Waals surface area contributed by atoms with Crippen molar-refractivity contribution in [2.24, 2.45) is 0 Å². The molecule has 2 aromatic carbocycles. The van der Waals surface area contributed by atoms with Gasteiger partial charge in [-0.2, -0.15) is 0 Å². The first-order valence-corrected chi connectivity index (χ1v) is 9.32. The van der Waals surface area contributed by atoms with Gasteiger partial charge in [0, 0.05) is 10.8 Å². The van der Waals surface area contributed by atoms with Crippen LogP contribution in [0.2, 0.25) is 0 Å². The third kappa shape index (κ3) is 3.31. The van der Waals surface area contributed by atoms with E-state index in [-0.39, 0.29) is 6.10 Å². The summed E-state index contributed by atoms with van der Waals surface area (Å²) in [6.07, 6.45) is 1.48. The van der Waals surface area contributed by atoms with Crippen LogP contribution in [-0.2, 0) is 11.3 Å². The number of rotatable bonds is 5. The predicted molar refractivity (Wildman–Crippen MR) is 110 cm³/mol. The van der Waals surface area contributed by atoms with Gasteiger partial charge in [-0.25, -0.2) is 9.78 Å². The lowest BCUT2D eigenvalue weighted by Gasteiger charge is -2.11. The second-order valence-electron chi connectivity index (χ2n) is 7.05. The van der Waals surface area contributed by atoms with Gasteiger partial charge in [0.15, 0.2) is 5.69 Å². The van der Waals surface area contributed by atoms with E-state index in [1.54, 1.807) is 6.20 Å². The number of aromatic amines is 1. The van der Waals surface area contributed by atoms with E-state index < -0.39 is 5.97 Å². The first kappa shape index (κ1) is 18.0. The van der Waals surface area contributed by atoms with Gasteiger partial charge in [0.05, 0.1) is 23.3 Å². The summed E-state index contributed by atoms with van der Waals surface area (Å²) in [6, 6.07) is 15.9. The third-order valence-electron chi connectivity index (χ3n) is 4.64. The summed E-state index contributed by atoms with van der Waals surface area (Å²) >= 11 is 0. The van der Waals surface area contributed by atoms with E-state index in [1.165, 1.54) is 0 Å². The number of H-pyrrole nitrogens is 1. The molecule has 1 N–H and O–H groups in total. The van der Waals surface area contributed by atoms with Crippen molar-refractivity contribution in [3.63, 3.8) is 0 Å². The molecule has 0 bridgehead atoms. The van der Waals surface area contributed by atoms with Gasteiger partial charge >= 0.3 is 5.97 Å². The Labute approximate surface area is 163 Å². The van der Waals surface area contributed by atoms with Crippen molar-refractivity contribution in [3.8, 4) is 5.75 Å². The molecule has 4 rings (SSSR count). The molecule has 0 fully saturated rings. The average molecular weight is 374 g/mol. The molecule has 0 aliphatic heterocycles. The number of pyridine rings is 1. The number of carbonyl (C=O) groups excluding carboxylic acids is 1. The number of hydrogen-bond acceptors (Lipinski definition) is 4. The number of fused-ring (bicyclic) bond motifs is 3. The molecule has 0 amide bonds. The summed E-state index contributed by atoms with van der Waals surface area (Å²) in [5, 5.41) is 1.89. The Bertz CT molecular complexity index is 1150. The van der Waals surface area contributed by atoms with Gasteiger partial charge in [-0.3, -0.25) is 0 Å². The molecule has 4 aromatic rings. The Morgan fingerprint density at radius 1 is 1.04 bits per heavy atom. The van der Waals surface area contributed by atoms with Gasteiger partial charge in [0.1, 0.15) is 12.4 Å². The molecule has 0 saturated heterocycles. The Morgan fingerprint density at radius 2 is 1.82 bits per heavy atom. The number of hydrogen-bond donors (Lipinski definition) is 1. The second kappa shape index (κ2) is 7.35. The number of esters is 1. The van der Waals surface area contributed by atoms with Gasteiger partial charge in [-0.15, -0.1) is 0 Å². The lowest BCUT2D eigenvalue weighted by atomic mass is 10.1. The fourth-order valence-corrected chi connectivity index (χ4v) is 3.40. The molecule has 0 aliphatic carbocycles. The summed E-state index contributed by atoms with van der Waals surface area (Å²) < 4.78 is 11.5. The number of aryl methyl sites for hydroxylation is 1. The Hall–Kier alpha value is -3.34. The maximum Gasteiger partial charge on any atom is 0.357 e. The quantitative estimate of drug-likeness (QED) is 0.490. The summed E-state index contributed by atoms with van der Waals surface area (Å²) in [5.41, 5.74) is 4.02. The van der Waals surface area contributed by atoms with Crippen LogP contribution in [-0.4, -0.2) is 22.0 Å². The first-order valence-electron chi connectivity index (χ1n) is 9.32. The van der Waals surface area contributed by atoms with Gasteiger partial charge in [0.25, 0.3) is 0 Å². The van der Waals surface area contributed by atoms with Crippen LogP contribution in [0.25, 0.3) is 21.8 Å². The van der Waals surface area contributed by atoms with Crippen molar-refractivity contribution >= 4 is 27.8 Å². The molecule has 5 nitrogen and oxygen atoms in total. The number of nitrogens with one attached hydrogen (secondary N) is 1.